The molecule has 1 aliphatic rings. The van der Waals surface area contributed by atoms with Gasteiger partial charge in [-0.25, -0.2) is 17.2 Å². The maximum absolute atomic E-state index is 13.8. The van der Waals surface area contributed by atoms with Gasteiger partial charge in [0.25, 0.3) is 0 Å². The minimum atomic E-state index is -4.13. The Morgan fingerprint density at radius 1 is 1.14 bits per heavy atom. The number of sulfonamides is 1. The Morgan fingerprint density at radius 2 is 1.89 bits per heavy atom. The van der Waals surface area contributed by atoms with Crippen molar-refractivity contribution in [2.24, 2.45) is 14.6 Å². The van der Waals surface area contributed by atoms with Crippen LogP contribution in [0.25, 0.3) is 0 Å². The summed E-state index contributed by atoms with van der Waals surface area (Å²) in [7, 11) is -4.13. The van der Waals surface area contributed by atoms with E-state index in [1.165, 1.54) is 12.1 Å². The average molecular weight is 426 g/mol. The van der Waals surface area contributed by atoms with Gasteiger partial charge in [0, 0.05) is 6.07 Å². The first kappa shape index (κ1) is 20.2. The normalized spacial score (nSPS) is 13.9. The molecule has 1 heterocycles. The molecule has 0 spiro atoms. The third kappa shape index (κ3) is 4.16. The van der Waals surface area contributed by atoms with Crippen molar-refractivity contribution in [3.05, 3.63) is 48.0 Å². The maximum Gasteiger partial charge on any atom is 0.243 e. The Balaban J connectivity index is 1.87. The quantitative estimate of drug-likeness (QED) is 0.629. The van der Waals surface area contributed by atoms with Crippen molar-refractivity contribution < 1.29 is 22.0 Å². The van der Waals surface area contributed by atoms with Crippen LogP contribution in [0.1, 0.15) is 13.8 Å². The van der Waals surface area contributed by atoms with Gasteiger partial charge < -0.3 is 5.32 Å². The fourth-order valence-electron chi connectivity index (χ4n) is 2.52. The molecule has 0 unspecified atom stereocenters. The predicted octanol–water partition coefficient (Wildman–Crippen LogP) is 3.63. The summed E-state index contributed by atoms with van der Waals surface area (Å²) >= 11 is 0.871. The SMILES string of the molecule is CC(C)[C@H](NS(=O)(=O)c1cccc2c1N=S=N2)C(=O)Nc1cc(F)ccc1F. The summed E-state index contributed by atoms with van der Waals surface area (Å²) in [6.07, 6.45) is 0. The highest BCUT2D eigenvalue weighted by molar-refractivity contribution is 7.89. The second-order valence-corrected chi connectivity index (χ2v) is 8.56. The second-order valence-electron chi connectivity index (χ2n) is 6.34. The maximum atomic E-state index is 13.8. The molecule has 1 aliphatic heterocycles. The molecule has 1 amide bonds. The summed E-state index contributed by atoms with van der Waals surface area (Å²) in [4.78, 5) is 12.5. The first-order chi connectivity index (χ1) is 13.2. The molecule has 7 nitrogen and oxygen atoms in total. The van der Waals surface area contributed by atoms with Crippen molar-refractivity contribution in [2.75, 3.05) is 5.32 Å². The lowest BCUT2D eigenvalue weighted by atomic mass is 10.0. The highest BCUT2D eigenvalue weighted by Gasteiger charge is 2.31. The van der Waals surface area contributed by atoms with Gasteiger partial charge in [-0.05, 0) is 30.2 Å². The number of anilines is 1. The van der Waals surface area contributed by atoms with Gasteiger partial charge in [-0.15, -0.1) is 0 Å². The molecule has 2 aromatic carbocycles. The summed E-state index contributed by atoms with van der Waals surface area (Å²) in [6.45, 7) is 3.25. The van der Waals surface area contributed by atoms with Crippen LogP contribution in [0.3, 0.4) is 0 Å². The van der Waals surface area contributed by atoms with Gasteiger partial charge in [-0.1, -0.05) is 19.9 Å². The summed E-state index contributed by atoms with van der Waals surface area (Å²) in [5.41, 5.74) is 0.236. The van der Waals surface area contributed by atoms with Crippen molar-refractivity contribution in [3.8, 4) is 0 Å². The van der Waals surface area contributed by atoms with Crippen LogP contribution in [0.5, 0.6) is 0 Å². The van der Waals surface area contributed by atoms with Crippen LogP contribution >= 0.6 is 0 Å². The van der Waals surface area contributed by atoms with E-state index in [-0.39, 0.29) is 16.3 Å². The molecule has 0 radical (unpaired) electrons. The van der Waals surface area contributed by atoms with Crippen molar-refractivity contribution >= 4 is 44.3 Å². The number of benzene rings is 2. The molecule has 0 aromatic heterocycles. The molecule has 2 N–H and O–H groups in total. The largest absolute Gasteiger partial charge is 0.322 e. The smallest absolute Gasteiger partial charge is 0.243 e. The van der Waals surface area contributed by atoms with E-state index < -0.39 is 39.5 Å². The van der Waals surface area contributed by atoms with Gasteiger partial charge in [0.05, 0.1) is 17.0 Å². The lowest BCUT2D eigenvalue weighted by Gasteiger charge is -2.22. The molecule has 0 fully saturated rings. The van der Waals surface area contributed by atoms with Gasteiger partial charge in [0.2, 0.25) is 15.9 Å². The Bertz CT molecular complexity index is 1110. The molecule has 28 heavy (non-hydrogen) atoms. The molecule has 1 atom stereocenters. The number of carbonyl (C=O) groups is 1. The Kier molecular flexibility index (Phi) is 5.68. The van der Waals surface area contributed by atoms with E-state index >= 15 is 0 Å². The highest BCUT2D eigenvalue weighted by Crippen LogP contribution is 2.37. The first-order valence-electron chi connectivity index (χ1n) is 8.18. The summed E-state index contributed by atoms with van der Waals surface area (Å²) in [5.74, 6) is -2.86. The number of halogens is 2. The van der Waals surface area contributed by atoms with Crippen molar-refractivity contribution in [1.82, 2.24) is 4.72 Å². The van der Waals surface area contributed by atoms with Gasteiger partial charge in [0.15, 0.2) is 0 Å². The lowest BCUT2D eigenvalue weighted by molar-refractivity contribution is -0.118. The Morgan fingerprint density at radius 3 is 2.61 bits per heavy atom. The third-order valence-corrected chi connectivity index (χ3v) is 5.97. The fraction of sp³-hybridized carbons (Fsp3) is 0.235. The van der Waals surface area contributed by atoms with Crippen molar-refractivity contribution in [1.29, 1.82) is 0 Å². The van der Waals surface area contributed by atoms with E-state index in [4.69, 9.17) is 0 Å². The van der Waals surface area contributed by atoms with E-state index in [1.807, 2.05) is 0 Å². The summed E-state index contributed by atoms with van der Waals surface area (Å²) < 4.78 is 63.1. The van der Waals surface area contributed by atoms with Crippen LogP contribution in [0, 0.1) is 17.6 Å². The zero-order chi connectivity index (χ0) is 20.5. The van der Waals surface area contributed by atoms with E-state index in [2.05, 4.69) is 18.8 Å². The van der Waals surface area contributed by atoms with E-state index in [0.717, 1.165) is 29.6 Å². The third-order valence-electron chi connectivity index (χ3n) is 3.96. The van der Waals surface area contributed by atoms with Crippen LogP contribution in [-0.4, -0.2) is 20.4 Å². The molecule has 148 valence electrons. The summed E-state index contributed by atoms with van der Waals surface area (Å²) in [6, 6.07) is 5.87. The number of rotatable bonds is 6. The van der Waals surface area contributed by atoms with Crippen molar-refractivity contribution in [3.63, 3.8) is 0 Å². The molecule has 3 rings (SSSR count). The van der Waals surface area contributed by atoms with Crippen LogP contribution in [-0.2, 0) is 26.2 Å². The zero-order valence-corrected chi connectivity index (χ0v) is 16.4. The number of hydrogen-bond donors (Lipinski definition) is 2. The van der Waals surface area contributed by atoms with Gasteiger partial charge in [0.1, 0.15) is 33.9 Å². The minimum Gasteiger partial charge on any atom is -0.322 e. The molecule has 0 aliphatic carbocycles. The molecule has 2 aromatic rings. The first-order valence-corrected chi connectivity index (χ1v) is 10.4. The lowest BCUT2D eigenvalue weighted by Crippen LogP contribution is -2.47. The molecule has 0 saturated heterocycles. The number of nitrogens with one attached hydrogen (secondary N) is 2. The van der Waals surface area contributed by atoms with E-state index in [0.29, 0.717) is 5.69 Å². The minimum absolute atomic E-state index is 0.117. The molecule has 0 saturated carbocycles. The van der Waals surface area contributed by atoms with E-state index in [9.17, 15) is 22.0 Å². The molecule has 0 bridgehead atoms. The average Bonchev–Trinajstić information content (AvgIpc) is 3.11. The standard InChI is InChI=1S/C17H16F2N4O3S2/c1-9(2)15(17(24)20-13-8-10(18)6-7-11(13)19)23-28(25,26)14-5-3-4-12-16(14)22-27-21-12/h3-9,15,23H,1-2H3,(H,20,24)/t15-/m0/s1. The van der Waals surface area contributed by atoms with Crippen LogP contribution in [0.4, 0.5) is 25.8 Å². The number of amides is 1. The van der Waals surface area contributed by atoms with Crippen LogP contribution in [0.15, 0.2) is 50.0 Å². The molecule has 11 heteroatoms. The van der Waals surface area contributed by atoms with Crippen LogP contribution in [0.2, 0.25) is 0 Å². The molecular weight excluding hydrogens is 410 g/mol. The number of carbonyl (C=O) groups excluding carboxylic acids is 1. The monoisotopic (exact) mass is 426 g/mol. The Hall–Kier alpha value is -2.50. The van der Waals surface area contributed by atoms with Crippen molar-refractivity contribution in [2.45, 2.75) is 24.8 Å². The summed E-state index contributed by atoms with van der Waals surface area (Å²) in [5, 5.41) is 2.23. The van der Waals surface area contributed by atoms with Gasteiger partial charge >= 0.3 is 0 Å². The number of fused-ring (bicyclic) bond motifs is 1. The number of hydrogen-bond acceptors (Lipinski definition) is 5. The van der Waals surface area contributed by atoms with Gasteiger partial charge in [-0.2, -0.15) is 13.4 Å². The Labute approximate surface area is 164 Å². The second kappa shape index (κ2) is 7.86. The fourth-order valence-corrected chi connectivity index (χ4v) is 4.64. The highest BCUT2D eigenvalue weighted by atomic mass is 32.2. The zero-order valence-electron chi connectivity index (χ0n) is 14.8. The van der Waals surface area contributed by atoms with Crippen LogP contribution < -0.4 is 10.0 Å². The topological polar surface area (TPSA) is 100.0 Å². The predicted molar refractivity (Wildman–Crippen MR) is 102 cm³/mol. The van der Waals surface area contributed by atoms with E-state index in [1.54, 1.807) is 19.9 Å². The van der Waals surface area contributed by atoms with Gasteiger partial charge in [-0.3, -0.25) is 4.79 Å². The molecular formula is C17H16F2N4O3S2. The number of nitrogens with zero attached hydrogens (tertiary/aromatic N) is 2.